The van der Waals surface area contributed by atoms with Crippen LogP contribution in [0.1, 0.15) is 43.0 Å². The van der Waals surface area contributed by atoms with Crippen molar-refractivity contribution < 1.29 is 9.59 Å². The van der Waals surface area contributed by atoms with Crippen LogP contribution >= 0.6 is 0 Å². The maximum Gasteiger partial charge on any atom is 0.194 e. The molecule has 0 saturated heterocycles. The molecule has 4 N–H and O–H groups in total. The summed E-state index contributed by atoms with van der Waals surface area (Å²) in [4.78, 5) is 25.0. The number of carbonyl (C=O) groups excluding carboxylic acids is 2. The molecule has 3 rings (SSSR count). The zero-order valence-corrected chi connectivity index (χ0v) is 10.8. The van der Waals surface area contributed by atoms with Gasteiger partial charge in [0, 0.05) is 35.3 Å². The minimum absolute atomic E-state index is 0.131. The molecule has 0 aromatic heterocycles. The normalized spacial score (nSPS) is 13.1. The second-order valence-electron chi connectivity index (χ2n) is 4.83. The number of rotatable bonds is 2. The van der Waals surface area contributed by atoms with Crippen LogP contribution in [0.4, 0.5) is 0 Å². The first-order valence-corrected chi connectivity index (χ1v) is 6.41. The summed E-state index contributed by atoms with van der Waals surface area (Å²) >= 11 is 0. The second kappa shape index (κ2) is 4.67. The van der Waals surface area contributed by atoms with E-state index >= 15 is 0 Å². The van der Waals surface area contributed by atoms with Gasteiger partial charge in [-0.1, -0.05) is 12.1 Å². The van der Waals surface area contributed by atoms with Crippen LogP contribution in [0.2, 0.25) is 0 Å². The number of nitrogens with two attached hydrogens (primary N) is 2. The predicted molar refractivity (Wildman–Crippen MR) is 75.5 cm³/mol. The molecule has 0 radical (unpaired) electrons. The van der Waals surface area contributed by atoms with Crippen LogP contribution in [-0.2, 0) is 13.1 Å². The first-order chi connectivity index (χ1) is 9.65. The maximum absolute atomic E-state index is 12.5. The molecule has 0 spiro atoms. The number of carbonyl (C=O) groups is 2. The van der Waals surface area contributed by atoms with Crippen molar-refractivity contribution in [2.75, 3.05) is 0 Å². The van der Waals surface area contributed by atoms with Gasteiger partial charge >= 0.3 is 0 Å². The third kappa shape index (κ3) is 1.78. The molecule has 2 aromatic rings. The molecule has 1 aliphatic rings. The lowest BCUT2D eigenvalue weighted by atomic mass is 9.82. The fraction of sp³-hybridized carbons (Fsp3) is 0.125. The van der Waals surface area contributed by atoms with Crippen LogP contribution in [0.5, 0.6) is 0 Å². The smallest absolute Gasteiger partial charge is 0.194 e. The van der Waals surface area contributed by atoms with Gasteiger partial charge in [0.15, 0.2) is 11.6 Å². The third-order valence-corrected chi connectivity index (χ3v) is 3.62. The first kappa shape index (κ1) is 12.7. The summed E-state index contributed by atoms with van der Waals surface area (Å²) in [5.74, 6) is -0.262. The minimum atomic E-state index is -0.131. The van der Waals surface area contributed by atoms with E-state index in [1.807, 2.05) is 0 Å². The van der Waals surface area contributed by atoms with Gasteiger partial charge in [0.05, 0.1) is 0 Å². The molecule has 100 valence electrons. The van der Waals surface area contributed by atoms with E-state index in [-0.39, 0.29) is 11.6 Å². The van der Waals surface area contributed by atoms with Gasteiger partial charge in [0.2, 0.25) is 0 Å². The highest BCUT2D eigenvalue weighted by Gasteiger charge is 2.29. The molecule has 0 saturated carbocycles. The van der Waals surface area contributed by atoms with E-state index in [0.29, 0.717) is 35.3 Å². The Labute approximate surface area is 116 Å². The van der Waals surface area contributed by atoms with Gasteiger partial charge < -0.3 is 11.5 Å². The molecule has 1 aliphatic carbocycles. The van der Waals surface area contributed by atoms with E-state index in [1.165, 1.54) is 0 Å². The highest BCUT2D eigenvalue weighted by Crippen LogP contribution is 2.28. The van der Waals surface area contributed by atoms with Crippen LogP contribution in [0.15, 0.2) is 36.4 Å². The Balaban J connectivity index is 2.22. The largest absolute Gasteiger partial charge is 0.326 e. The molecule has 0 fully saturated rings. The summed E-state index contributed by atoms with van der Waals surface area (Å²) in [6, 6.07) is 10.3. The maximum atomic E-state index is 12.5. The van der Waals surface area contributed by atoms with E-state index in [0.717, 1.165) is 11.1 Å². The van der Waals surface area contributed by atoms with Gasteiger partial charge in [0.25, 0.3) is 0 Å². The van der Waals surface area contributed by atoms with E-state index in [1.54, 1.807) is 36.4 Å². The van der Waals surface area contributed by atoms with Crippen LogP contribution in [0, 0.1) is 0 Å². The summed E-state index contributed by atoms with van der Waals surface area (Å²) in [5.41, 5.74) is 14.6. The number of hydrogen-bond acceptors (Lipinski definition) is 4. The van der Waals surface area contributed by atoms with Crippen LogP contribution < -0.4 is 11.5 Å². The van der Waals surface area contributed by atoms with E-state index < -0.39 is 0 Å². The predicted octanol–water partition coefficient (Wildman–Crippen LogP) is 1.38. The third-order valence-electron chi connectivity index (χ3n) is 3.62. The summed E-state index contributed by atoms with van der Waals surface area (Å²) in [5, 5.41) is 0. The number of fused-ring (bicyclic) bond motifs is 2. The molecular formula is C16H14N2O2. The highest BCUT2D eigenvalue weighted by atomic mass is 16.1. The summed E-state index contributed by atoms with van der Waals surface area (Å²) < 4.78 is 0. The minimum Gasteiger partial charge on any atom is -0.326 e. The van der Waals surface area contributed by atoms with Crippen molar-refractivity contribution in [1.29, 1.82) is 0 Å². The highest BCUT2D eigenvalue weighted by molar-refractivity contribution is 6.28. The SMILES string of the molecule is NCc1ccc2c(c1)C(=O)c1ccc(CN)cc1C2=O. The van der Waals surface area contributed by atoms with Crippen LogP contribution in [-0.4, -0.2) is 11.6 Å². The lowest BCUT2D eigenvalue weighted by molar-refractivity contribution is 0.0979. The topological polar surface area (TPSA) is 86.2 Å². The quantitative estimate of drug-likeness (QED) is 0.733. The first-order valence-electron chi connectivity index (χ1n) is 6.41. The zero-order chi connectivity index (χ0) is 14.3. The summed E-state index contributed by atoms with van der Waals surface area (Å²) in [6.45, 7) is 0.682. The molecule has 2 aromatic carbocycles. The number of ketones is 2. The van der Waals surface area contributed by atoms with Crippen molar-refractivity contribution in [3.63, 3.8) is 0 Å². The summed E-state index contributed by atoms with van der Waals surface area (Å²) in [7, 11) is 0. The Morgan fingerprint density at radius 2 is 1.05 bits per heavy atom. The van der Waals surface area contributed by atoms with Crippen molar-refractivity contribution in [1.82, 2.24) is 0 Å². The fourth-order valence-electron chi connectivity index (χ4n) is 2.50. The van der Waals surface area contributed by atoms with Crippen LogP contribution in [0.3, 0.4) is 0 Å². The van der Waals surface area contributed by atoms with Crippen molar-refractivity contribution in [2.45, 2.75) is 13.1 Å². The Morgan fingerprint density at radius 1 is 0.650 bits per heavy atom. The van der Waals surface area contributed by atoms with Crippen molar-refractivity contribution in [3.8, 4) is 0 Å². The summed E-state index contributed by atoms with van der Waals surface area (Å²) in [6.07, 6.45) is 0. The lowest BCUT2D eigenvalue weighted by Crippen LogP contribution is -2.22. The van der Waals surface area contributed by atoms with E-state index in [4.69, 9.17) is 11.5 Å². The van der Waals surface area contributed by atoms with Gasteiger partial charge in [0.1, 0.15) is 0 Å². The average Bonchev–Trinajstić information content (AvgIpc) is 2.51. The Morgan fingerprint density at radius 3 is 1.40 bits per heavy atom. The lowest BCUT2D eigenvalue weighted by Gasteiger charge is -2.18. The van der Waals surface area contributed by atoms with Gasteiger partial charge in [-0.15, -0.1) is 0 Å². The van der Waals surface area contributed by atoms with Gasteiger partial charge in [-0.3, -0.25) is 9.59 Å². The standard InChI is InChI=1S/C16H14N2O2/c17-7-9-1-3-11-13(5-9)16(20)12-4-2-10(8-18)6-14(12)15(11)19/h1-6H,7-8,17-18H2. The Hall–Kier alpha value is -2.30. The molecule has 0 amide bonds. The van der Waals surface area contributed by atoms with Gasteiger partial charge in [-0.2, -0.15) is 0 Å². The fourth-order valence-corrected chi connectivity index (χ4v) is 2.50. The molecule has 0 heterocycles. The van der Waals surface area contributed by atoms with Crippen molar-refractivity contribution in [3.05, 3.63) is 69.8 Å². The van der Waals surface area contributed by atoms with Gasteiger partial charge in [-0.25, -0.2) is 0 Å². The Kier molecular flexibility index (Phi) is 2.97. The molecule has 0 unspecified atom stereocenters. The Bertz CT molecular complexity index is 672. The van der Waals surface area contributed by atoms with Crippen LogP contribution in [0.25, 0.3) is 0 Å². The molecular weight excluding hydrogens is 252 g/mol. The second-order valence-corrected chi connectivity index (χ2v) is 4.83. The van der Waals surface area contributed by atoms with E-state index in [9.17, 15) is 9.59 Å². The average molecular weight is 266 g/mol. The molecule has 20 heavy (non-hydrogen) atoms. The van der Waals surface area contributed by atoms with E-state index in [2.05, 4.69) is 0 Å². The number of benzene rings is 2. The molecule has 4 heteroatoms. The van der Waals surface area contributed by atoms with Gasteiger partial charge in [-0.05, 0) is 35.4 Å². The number of hydrogen-bond donors (Lipinski definition) is 2. The monoisotopic (exact) mass is 266 g/mol. The molecule has 4 nitrogen and oxygen atoms in total. The van der Waals surface area contributed by atoms with Crippen molar-refractivity contribution in [2.24, 2.45) is 11.5 Å². The van der Waals surface area contributed by atoms with Crippen molar-refractivity contribution >= 4 is 11.6 Å². The molecule has 0 aliphatic heterocycles. The molecule has 0 atom stereocenters. The zero-order valence-electron chi connectivity index (χ0n) is 10.8. The molecule has 0 bridgehead atoms.